The van der Waals surface area contributed by atoms with Gasteiger partial charge in [0.15, 0.2) is 0 Å². The van der Waals surface area contributed by atoms with E-state index >= 15 is 0 Å². The highest BCUT2D eigenvalue weighted by molar-refractivity contribution is 5.65. The van der Waals surface area contributed by atoms with Gasteiger partial charge in [-0.05, 0) is 11.6 Å². The summed E-state index contributed by atoms with van der Waals surface area (Å²) in [6.45, 7) is 2.16. The molecule has 0 spiro atoms. The number of methoxy groups -OCH3 is 1. The molecule has 1 rings (SSSR count). The lowest BCUT2D eigenvalue weighted by Crippen LogP contribution is -2.00. The van der Waals surface area contributed by atoms with Crippen molar-refractivity contribution in [3.05, 3.63) is 29.6 Å². The molecule has 0 amide bonds. The largest absolute Gasteiger partial charge is 0.461 e. The Morgan fingerprint density at radius 1 is 1.36 bits per heavy atom. The van der Waals surface area contributed by atoms with Crippen molar-refractivity contribution < 1.29 is 14.3 Å². The second-order valence-corrected chi connectivity index (χ2v) is 2.91. The Hall–Kier alpha value is -1.42. The maximum absolute atomic E-state index is 10.6. The monoisotopic (exact) mass is 195 g/mol. The van der Waals surface area contributed by atoms with E-state index in [4.69, 9.17) is 9.47 Å². The van der Waals surface area contributed by atoms with Gasteiger partial charge >= 0.3 is 5.97 Å². The molecule has 4 nitrogen and oxygen atoms in total. The van der Waals surface area contributed by atoms with Crippen LogP contribution >= 0.6 is 0 Å². The zero-order valence-corrected chi connectivity index (χ0v) is 8.32. The summed E-state index contributed by atoms with van der Waals surface area (Å²) in [6.07, 6.45) is 3.39. The molecule has 14 heavy (non-hydrogen) atoms. The molecule has 0 fully saturated rings. The van der Waals surface area contributed by atoms with Crippen molar-refractivity contribution >= 4 is 5.97 Å². The zero-order chi connectivity index (χ0) is 10.4. The number of pyridine rings is 1. The van der Waals surface area contributed by atoms with Gasteiger partial charge < -0.3 is 9.47 Å². The SMILES string of the molecule is COCc1cncc(COC(C)=O)c1. The first kappa shape index (κ1) is 10.7. The van der Waals surface area contributed by atoms with Crippen LogP contribution in [-0.2, 0) is 27.5 Å². The van der Waals surface area contributed by atoms with Gasteiger partial charge in [-0.25, -0.2) is 0 Å². The molecule has 0 aromatic carbocycles. The predicted octanol–water partition coefficient (Wildman–Crippen LogP) is 1.29. The normalized spacial score (nSPS) is 9.86. The smallest absolute Gasteiger partial charge is 0.302 e. The molecular weight excluding hydrogens is 182 g/mol. The van der Waals surface area contributed by atoms with E-state index in [0.29, 0.717) is 6.61 Å². The zero-order valence-electron chi connectivity index (χ0n) is 8.32. The van der Waals surface area contributed by atoms with Gasteiger partial charge in [-0.3, -0.25) is 9.78 Å². The second kappa shape index (κ2) is 5.34. The van der Waals surface area contributed by atoms with Crippen molar-refractivity contribution in [2.75, 3.05) is 7.11 Å². The lowest BCUT2D eigenvalue weighted by atomic mass is 10.2. The Bertz CT molecular complexity index is 312. The van der Waals surface area contributed by atoms with Crippen molar-refractivity contribution in [3.63, 3.8) is 0 Å². The molecule has 1 aromatic heterocycles. The standard InChI is InChI=1S/C10H13NO3/c1-8(12)14-7-10-3-9(6-13-2)4-11-5-10/h3-5H,6-7H2,1-2H3. The molecule has 1 heterocycles. The van der Waals surface area contributed by atoms with E-state index in [1.807, 2.05) is 6.07 Å². The van der Waals surface area contributed by atoms with Crippen LogP contribution in [0.5, 0.6) is 0 Å². The summed E-state index contributed by atoms with van der Waals surface area (Å²) in [7, 11) is 1.62. The number of carbonyl (C=O) groups is 1. The second-order valence-electron chi connectivity index (χ2n) is 2.91. The number of hydrogen-bond donors (Lipinski definition) is 0. The van der Waals surface area contributed by atoms with Crippen molar-refractivity contribution in [1.82, 2.24) is 4.98 Å². The van der Waals surface area contributed by atoms with Gasteiger partial charge in [0.2, 0.25) is 0 Å². The van der Waals surface area contributed by atoms with Gasteiger partial charge in [0, 0.05) is 32.0 Å². The van der Waals surface area contributed by atoms with Crippen LogP contribution in [0.1, 0.15) is 18.1 Å². The number of esters is 1. The summed E-state index contributed by atoms with van der Waals surface area (Å²) in [5, 5.41) is 0. The Labute approximate surface area is 82.9 Å². The van der Waals surface area contributed by atoms with Gasteiger partial charge in [0.1, 0.15) is 6.61 Å². The molecular formula is C10H13NO3. The lowest BCUT2D eigenvalue weighted by molar-refractivity contribution is -0.142. The Morgan fingerprint density at radius 3 is 2.57 bits per heavy atom. The van der Waals surface area contributed by atoms with Crippen molar-refractivity contribution in [1.29, 1.82) is 0 Å². The number of ether oxygens (including phenoxy) is 2. The van der Waals surface area contributed by atoms with E-state index in [1.165, 1.54) is 6.92 Å². The fraction of sp³-hybridized carbons (Fsp3) is 0.400. The van der Waals surface area contributed by atoms with Crippen LogP contribution in [0.2, 0.25) is 0 Å². The molecule has 76 valence electrons. The van der Waals surface area contributed by atoms with Crippen LogP contribution in [0.25, 0.3) is 0 Å². The average Bonchev–Trinajstić information content (AvgIpc) is 2.16. The highest BCUT2D eigenvalue weighted by atomic mass is 16.5. The Kier molecular flexibility index (Phi) is 4.07. The summed E-state index contributed by atoms with van der Waals surface area (Å²) in [6, 6.07) is 1.90. The van der Waals surface area contributed by atoms with E-state index in [1.54, 1.807) is 19.5 Å². The fourth-order valence-electron chi connectivity index (χ4n) is 1.05. The van der Waals surface area contributed by atoms with Crippen molar-refractivity contribution in [2.24, 2.45) is 0 Å². The number of aromatic nitrogens is 1. The quantitative estimate of drug-likeness (QED) is 0.679. The van der Waals surface area contributed by atoms with E-state index in [-0.39, 0.29) is 12.6 Å². The van der Waals surface area contributed by atoms with Crippen LogP contribution in [0, 0.1) is 0 Å². The molecule has 0 aliphatic heterocycles. The Balaban J connectivity index is 2.58. The van der Waals surface area contributed by atoms with E-state index in [2.05, 4.69) is 4.98 Å². The molecule has 0 radical (unpaired) electrons. The van der Waals surface area contributed by atoms with Gasteiger partial charge in [-0.15, -0.1) is 0 Å². The minimum absolute atomic E-state index is 0.264. The molecule has 4 heteroatoms. The molecule has 0 aliphatic rings. The lowest BCUT2D eigenvalue weighted by Gasteiger charge is -2.03. The van der Waals surface area contributed by atoms with Gasteiger partial charge in [0.05, 0.1) is 6.61 Å². The molecule has 0 aliphatic carbocycles. The molecule has 0 unspecified atom stereocenters. The highest BCUT2D eigenvalue weighted by Crippen LogP contribution is 2.05. The van der Waals surface area contributed by atoms with Crippen LogP contribution in [-0.4, -0.2) is 18.1 Å². The van der Waals surface area contributed by atoms with Crippen molar-refractivity contribution in [3.8, 4) is 0 Å². The van der Waals surface area contributed by atoms with Crippen LogP contribution in [0.4, 0.5) is 0 Å². The van der Waals surface area contributed by atoms with Crippen LogP contribution in [0.15, 0.2) is 18.5 Å². The summed E-state index contributed by atoms with van der Waals surface area (Å²) in [4.78, 5) is 14.6. The summed E-state index contributed by atoms with van der Waals surface area (Å²) < 4.78 is 9.80. The summed E-state index contributed by atoms with van der Waals surface area (Å²) in [5.41, 5.74) is 1.84. The fourth-order valence-corrected chi connectivity index (χ4v) is 1.05. The van der Waals surface area contributed by atoms with Gasteiger partial charge in [-0.2, -0.15) is 0 Å². The molecule has 1 aromatic rings. The molecule has 0 N–H and O–H groups in total. The van der Waals surface area contributed by atoms with Crippen LogP contribution in [0.3, 0.4) is 0 Å². The van der Waals surface area contributed by atoms with E-state index in [0.717, 1.165) is 11.1 Å². The summed E-state index contributed by atoms with van der Waals surface area (Å²) >= 11 is 0. The molecule has 0 saturated carbocycles. The maximum Gasteiger partial charge on any atom is 0.302 e. The number of hydrogen-bond acceptors (Lipinski definition) is 4. The van der Waals surface area contributed by atoms with Crippen LogP contribution < -0.4 is 0 Å². The summed E-state index contributed by atoms with van der Waals surface area (Å²) in [5.74, 6) is -0.290. The Morgan fingerprint density at radius 2 is 2.00 bits per heavy atom. The van der Waals surface area contributed by atoms with E-state index in [9.17, 15) is 4.79 Å². The maximum atomic E-state index is 10.6. The number of carbonyl (C=O) groups excluding carboxylic acids is 1. The first-order valence-electron chi connectivity index (χ1n) is 4.27. The van der Waals surface area contributed by atoms with Crippen molar-refractivity contribution in [2.45, 2.75) is 20.1 Å². The van der Waals surface area contributed by atoms with Gasteiger partial charge in [0.25, 0.3) is 0 Å². The minimum Gasteiger partial charge on any atom is -0.461 e. The first-order valence-corrected chi connectivity index (χ1v) is 4.27. The van der Waals surface area contributed by atoms with Gasteiger partial charge in [-0.1, -0.05) is 0 Å². The molecule has 0 atom stereocenters. The topological polar surface area (TPSA) is 48.4 Å². The third-order valence-corrected chi connectivity index (χ3v) is 1.60. The molecule has 0 bridgehead atoms. The average molecular weight is 195 g/mol. The van der Waals surface area contributed by atoms with E-state index < -0.39 is 0 Å². The number of nitrogens with zero attached hydrogens (tertiary/aromatic N) is 1. The highest BCUT2D eigenvalue weighted by Gasteiger charge is 1.98. The molecule has 0 saturated heterocycles. The first-order chi connectivity index (χ1) is 6.72. The third kappa shape index (κ3) is 3.53. The predicted molar refractivity (Wildman–Crippen MR) is 50.4 cm³/mol. The number of rotatable bonds is 4. The minimum atomic E-state index is -0.290. The third-order valence-electron chi connectivity index (χ3n) is 1.60.